The highest BCUT2D eigenvalue weighted by molar-refractivity contribution is 8.00. The Morgan fingerprint density at radius 3 is 2.38 bits per heavy atom. The summed E-state index contributed by atoms with van der Waals surface area (Å²) in [6.45, 7) is 1.47. The summed E-state index contributed by atoms with van der Waals surface area (Å²) in [6.07, 6.45) is -1.16. The van der Waals surface area contributed by atoms with Gasteiger partial charge < -0.3 is 14.6 Å². The zero-order chi connectivity index (χ0) is 10.3. The Balaban J connectivity index is 3.49. The molecule has 0 aromatic rings. The van der Waals surface area contributed by atoms with Gasteiger partial charge in [0, 0.05) is 20.0 Å². The lowest BCUT2D eigenvalue weighted by atomic mass is 10.3. The summed E-state index contributed by atoms with van der Waals surface area (Å²) in [5.41, 5.74) is 0. The first kappa shape index (κ1) is 12.9. The number of Topliss-reactive ketones (excluding diaryl/α,β-unsaturated/α-hetero) is 1. The van der Waals surface area contributed by atoms with Gasteiger partial charge in [-0.3, -0.25) is 4.79 Å². The molecule has 4 nitrogen and oxygen atoms in total. The minimum absolute atomic E-state index is 0.170. The van der Waals surface area contributed by atoms with Crippen LogP contribution in [0, 0.1) is 0 Å². The van der Waals surface area contributed by atoms with E-state index >= 15 is 0 Å². The zero-order valence-corrected chi connectivity index (χ0v) is 8.97. The van der Waals surface area contributed by atoms with Crippen molar-refractivity contribution in [2.24, 2.45) is 0 Å². The molecule has 1 unspecified atom stereocenters. The lowest BCUT2D eigenvalue weighted by molar-refractivity contribution is -0.123. The van der Waals surface area contributed by atoms with Crippen LogP contribution in [0.25, 0.3) is 0 Å². The second kappa shape index (κ2) is 7.32. The number of methoxy groups -OCH3 is 2. The van der Waals surface area contributed by atoms with Gasteiger partial charge >= 0.3 is 0 Å². The van der Waals surface area contributed by atoms with Crippen molar-refractivity contribution in [3.05, 3.63) is 0 Å². The normalized spacial score (nSPS) is 13.3. The minimum atomic E-state index is -0.879. The topological polar surface area (TPSA) is 55.8 Å². The largest absolute Gasteiger partial charge is 0.386 e. The maximum absolute atomic E-state index is 10.9. The molecule has 0 aliphatic carbocycles. The molecular formula is C8H16O4S. The van der Waals surface area contributed by atoms with Crippen molar-refractivity contribution in [2.45, 2.75) is 19.3 Å². The molecule has 0 amide bonds. The van der Waals surface area contributed by atoms with Crippen LogP contribution >= 0.6 is 11.8 Å². The van der Waals surface area contributed by atoms with Crippen molar-refractivity contribution in [3.8, 4) is 0 Å². The molecule has 0 rings (SSSR count). The van der Waals surface area contributed by atoms with Crippen LogP contribution in [0.2, 0.25) is 0 Å². The maximum Gasteiger partial charge on any atom is 0.170 e. The number of ketones is 1. The fourth-order valence-corrected chi connectivity index (χ4v) is 1.63. The molecule has 0 spiro atoms. The third-order valence-electron chi connectivity index (χ3n) is 1.49. The zero-order valence-electron chi connectivity index (χ0n) is 8.15. The number of aliphatic hydroxyl groups excluding tert-OH is 1. The highest BCUT2D eigenvalue weighted by atomic mass is 32.2. The predicted octanol–water partition coefficient (Wildman–Crippen LogP) is 0.288. The van der Waals surface area contributed by atoms with E-state index in [2.05, 4.69) is 0 Å². The second-order valence-electron chi connectivity index (χ2n) is 2.56. The van der Waals surface area contributed by atoms with Gasteiger partial charge in [-0.2, -0.15) is 0 Å². The molecule has 0 bridgehead atoms. The van der Waals surface area contributed by atoms with Crippen LogP contribution in [0.15, 0.2) is 0 Å². The van der Waals surface area contributed by atoms with Crippen LogP contribution < -0.4 is 0 Å². The van der Waals surface area contributed by atoms with E-state index in [1.807, 2.05) is 0 Å². The Morgan fingerprint density at radius 1 is 1.46 bits per heavy atom. The molecule has 0 fully saturated rings. The fourth-order valence-electron chi connectivity index (χ4n) is 0.609. The van der Waals surface area contributed by atoms with E-state index in [9.17, 15) is 4.79 Å². The maximum atomic E-state index is 10.9. The van der Waals surface area contributed by atoms with Crippen LogP contribution in [0.5, 0.6) is 0 Å². The first-order valence-corrected chi connectivity index (χ1v) is 5.11. The lowest BCUT2D eigenvalue weighted by Crippen LogP contribution is -2.21. The van der Waals surface area contributed by atoms with Crippen LogP contribution in [-0.2, 0) is 14.3 Å². The molecule has 0 saturated carbocycles. The van der Waals surface area contributed by atoms with Crippen molar-refractivity contribution in [3.63, 3.8) is 0 Å². The minimum Gasteiger partial charge on any atom is -0.386 e. The summed E-state index contributed by atoms with van der Waals surface area (Å²) in [5, 5.41) is 8.88. The first-order chi connectivity index (χ1) is 6.11. The molecule has 0 aromatic carbocycles. The third kappa shape index (κ3) is 6.04. The average Bonchev–Trinajstić information content (AvgIpc) is 2.12. The van der Waals surface area contributed by atoms with Crippen LogP contribution in [-0.4, -0.2) is 49.0 Å². The highest BCUT2D eigenvalue weighted by Crippen LogP contribution is 2.06. The van der Waals surface area contributed by atoms with E-state index in [0.717, 1.165) is 0 Å². The summed E-state index contributed by atoms with van der Waals surface area (Å²) < 4.78 is 9.85. The van der Waals surface area contributed by atoms with Gasteiger partial charge in [-0.25, -0.2) is 0 Å². The number of thioether (sulfide) groups is 1. The van der Waals surface area contributed by atoms with Gasteiger partial charge in [-0.05, 0) is 6.92 Å². The number of carbonyl (C=O) groups is 1. The molecule has 0 heterocycles. The molecule has 5 heteroatoms. The summed E-state index contributed by atoms with van der Waals surface area (Å²) in [4.78, 5) is 10.9. The Kier molecular flexibility index (Phi) is 7.26. The Labute approximate surface area is 82.6 Å². The lowest BCUT2D eigenvalue weighted by Gasteiger charge is -2.12. The Bertz CT molecular complexity index is 145. The van der Waals surface area contributed by atoms with E-state index in [1.54, 1.807) is 14.2 Å². The molecular weight excluding hydrogens is 192 g/mol. The molecule has 1 N–H and O–H groups in total. The average molecular weight is 208 g/mol. The van der Waals surface area contributed by atoms with Crippen LogP contribution in [0.3, 0.4) is 0 Å². The monoisotopic (exact) mass is 208 g/mol. The SMILES string of the molecule is COC(CSCC(=O)C(C)O)OC. The second-order valence-corrected chi connectivity index (χ2v) is 3.59. The molecule has 0 radical (unpaired) electrons. The van der Waals surface area contributed by atoms with Crippen molar-refractivity contribution in [2.75, 3.05) is 25.7 Å². The van der Waals surface area contributed by atoms with E-state index < -0.39 is 6.10 Å². The van der Waals surface area contributed by atoms with Crippen molar-refractivity contribution in [1.29, 1.82) is 0 Å². The van der Waals surface area contributed by atoms with Gasteiger partial charge in [-0.15, -0.1) is 11.8 Å². The summed E-state index contributed by atoms with van der Waals surface area (Å²) >= 11 is 1.39. The van der Waals surface area contributed by atoms with E-state index in [-0.39, 0.29) is 12.1 Å². The van der Waals surface area contributed by atoms with E-state index in [0.29, 0.717) is 11.5 Å². The molecule has 0 aliphatic rings. The van der Waals surface area contributed by atoms with E-state index in [1.165, 1.54) is 18.7 Å². The van der Waals surface area contributed by atoms with Gasteiger partial charge in [-0.1, -0.05) is 0 Å². The van der Waals surface area contributed by atoms with Crippen LogP contribution in [0.1, 0.15) is 6.92 Å². The van der Waals surface area contributed by atoms with E-state index in [4.69, 9.17) is 14.6 Å². The van der Waals surface area contributed by atoms with Gasteiger partial charge in [0.15, 0.2) is 12.1 Å². The highest BCUT2D eigenvalue weighted by Gasteiger charge is 2.11. The molecule has 0 saturated heterocycles. The number of ether oxygens (including phenoxy) is 2. The van der Waals surface area contributed by atoms with Gasteiger partial charge in [0.2, 0.25) is 0 Å². The third-order valence-corrected chi connectivity index (χ3v) is 2.49. The van der Waals surface area contributed by atoms with Gasteiger partial charge in [0.25, 0.3) is 0 Å². The summed E-state index contributed by atoms with van der Waals surface area (Å²) in [6, 6.07) is 0. The molecule has 13 heavy (non-hydrogen) atoms. The quantitative estimate of drug-likeness (QED) is 0.609. The summed E-state index contributed by atoms with van der Waals surface area (Å²) in [5.74, 6) is 0.711. The van der Waals surface area contributed by atoms with Crippen molar-refractivity contribution < 1.29 is 19.4 Å². The van der Waals surface area contributed by atoms with Gasteiger partial charge in [0.05, 0.1) is 5.75 Å². The first-order valence-electron chi connectivity index (χ1n) is 3.96. The number of aliphatic hydroxyl groups is 1. The van der Waals surface area contributed by atoms with Gasteiger partial charge in [0.1, 0.15) is 6.10 Å². The molecule has 78 valence electrons. The fraction of sp³-hybridized carbons (Fsp3) is 0.875. The number of rotatable bonds is 7. The number of carbonyl (C=O) groups excluding carboxylic acids is 1. The standard InChI is InChI=1S/C8H16O4S/c1-6(9)7(10)4-13-5-8(11-2)12-3/h6,8-9H,4-5H2,1-3H3. The smallest absolute Gasteiger partial charge is 0.170 e. The Morgan fingerprint density at radius 2 is 2.00 bits per heavy atom. The molecule has 0 aliphatic heterocycles. The van der Waals surface area contributed by atoms with Crippen LogP contribution in [0.4, 0.5) is 0 Å². The van der Waals surface area contributed by atoms with Crippen molar-refractivity contribution >= 4 is 17.5 Å². The summed E-state index contributed by atoms with van der Waals surface area (Å²) in [7, 11) is 3.09. The molecule has 1 atom stereocenters. The number of hydrogen-bond acceptors (Lipinski definition) is 5. The van der Waals surface area contributed by atoms with Crippen molar-refractivity contribution in [1.82, 2.24) is 0 Å². The Hall–Kier alpha value is -0.100. The molecule has 0 aromatic heterocycles. The number of hydrogen-bond donors (Lipinski definition) is 1. The predicted molar refractivity (Wildman–Crippen MR) is 51.8 cm³/mol.